The molecule has 0 aliphatic heterocycles. The Morgan fingerprint density at radius 2 is 1.86 bits per heavy atom. The van der Waals surface area contributed by atoms with Crippen LogP contribution in [0, 0.1) is 18.7 Å². The number of halogens is 1. The molecule has 0 spiro atoms. The topological polar surface area (TPSA) is 107 Å². The minimum Gasteiger partial charge on any atom is -0.368 e. The van der Waals surface area contributed by atoms with Crippen molar-refractivity contribution in [3.63, 3.8) is 0 Å². The van der Waals surface area contributed by atoms with Crippen LogP contribution in [0.5, 0.6) is 0 Å². The molecule has 0 amide bonds. The minimum absolute atomic E-state index is 0.106. The Kier molecular flexibility index (Phi) is 4.79. The molecule has 29 heavy (non-hydrogen) atoms. The second-order valence-corrected chi connectivity index (χ2v) is 7.13. The number of pyridine rings is 2. The summed E-state index contributed by atoms with van der Waals surface area (Å²) in [4.78, 5) is 21.5. The third kappa shape index (κ3) is 3.84. The van der Waals surface area contributed by atoms with Gasteiger partial charge in [0.25, 0.3) is 0 Å². The second kappa shape index (κ2) is 7.42. The molecule has 4 rings (SSSR count). The summed E-state index contributed by atoms with van der Waals surface area (Å²) in [5, 5.41) is 3.26. The van der Waals surface area contributed by atoms with Gasteiger partial charge in [0.2, 0.25) is 11.9 Å². The van der Waals surface area contributed by atoms with Gasteiger partial charge < -0.3 is 15.5 Å². The summed E-state index contributed by atoms with van der Waals surface area (Å²) >= 11 is 0. The Morgan fingerprint density at radius 3 is 2.59 bits per heavy atom. The maximum Gasteiger partial charge on any atom is 0.228 e. The number of rotatable bonds is 5. The summed E-state index contributed by atoms with van der Waals surface area (Å²) in [5.74, 6) is 1.52. The number of aromatic nitrogens is 6. The number of nitrogen functional groups attached to an aromatic ring is 1. The molecule has 8 nitrogen and oxygen atoms in total. The predicted octanol–water partition coefficient (Wildman–Crippen LogP) is 3.42. The van der Waals surface area contributed by atoms with Crippen molar-refractivity contribution < 1.29 is 4.39 Å². The van der Waals surface area contributed by atoms with Gasteiger partial charge >= 0.3 is 0 Å². The molecule has 0 aromatic carbocycles. The zero-order chi connectivity index (χ0) is 20.5. The first kappa shape index (κ1) is 18.7. The van der Waals surface area contributed by atoms with Gasteiger partial charge in [0.1, 0.15) is 11.6 Å². The third-order valence-electron chi connectivity index (χ3n) is 4.64. The molecule has 0 fully saturated rings. The first-order valence-corrected chi connectivity index (χ1v) is 9.24. The standard InChI is InChI=1S/C20H21FN8/c1-11(2)17(16-7-5-14(21)8-24-16)25-20-27-18(26-19(22)28-20)13-4-6-15-9-23-12(3)29(15)10-13/h4-11,17H,1-3H3,(H3,22,25,26,27,28)/t17-/m1/s1. The van der Waals surface area contributed by atoms with Crippen molar-refractivity contribution in [1.82, 2.24) is 29.3 Å². The summed E-state index contributed by atoms with van der Waals surface area (Å²) < 4.78 is 15.2. The number of nitrogens with one attached hydrogen (secondary N) is 1. The van der Waals surface area contributed by atoms with Crippen molar-refractivity contribution in [2.75, 3.05) is 11.1 Å². The van der Waals surface area contributed by atoms with E-state index in [1.807, 2.05) is 43.5 Å². The molecule has 0 radical (unpaired) electrons. The number of imidazole rings is 1. The van der Waals surface area contributed by atoms with Crippen LogP contribution in [-0.4, -0.2) is 29.3 Å². The molecule has 0 saturated carbocycles. The molecule has 0 bridgehead atoms. The van der Waals surface area contributed by atoms with Gasteiger partial charge in [-0.05, 0) is 37.1 Å². The number of nitrogens with two attached hydrogens (primary N) is 1. The number of hydrogen-bond donors (Lipinski definition) is 2. The van der Waals surface area contributed by atoms with E-state index in [1.54, 1.807) is 12.3 Å². The van der Waals surface area contributed by atoms with Crippen LogP contribution in [-0.2, 0) is 0 Å². The number of hydrogen-bond acceptors (Lipinski definition) is 7. The van der Waals surface area contributed by atoms with E-state index in [2.05, 4.69) is 30.2 Å². The monoisotopic (exact) mass is 392 g/mol. The van der Waals surface area contributed by atoms with E-state index in [0.717, 1.165) is 16.9 Å². The Labute approximate surface area is 167 Å². The molecule has 3 N–H and O–H groups in total. The molecule has 148 valence electrons. The quantitative estimate of drug-likeness (QED) is 0.536. The van der Waals surface area contributed by atoms with Gasteiger partial charge in [0.15, 0.2) is 5.82 Å². The summed E-state index contributed by atoms with van der Waals surface area (Å²) in [7, 11) is 0. The summed E-state index contributed by atoms with van der Waals surface area (Å²) in [6, 6.07) is 6.67. The van der Waals surface area contributed by atoms with Crippen molar-refractivity contribution in [1.29, 1.82) is 0 Å². The molecular weight excluding hydrogens is 371 g/mol. The van der Waals surface area contributed by atoms with Gasteiger partial charge in [-0.25, -0.2) is 9.37 Å². The first-order valence-electron chi connectivity index (χ1n) is 9.24. The molecule has 9 heteroatoms. The lowest BCUT2D eigenvalue weighted by molar-refractivity contribution is 0.527. The highest BCUT2D eigenvalue weighted by molar-refractivity contribution is 5.61. The summed E-state index contributed by atoms with van der Waals surface area (Å²) in [5.41, 5.74) is 8.40. The molecule has 0 aliphatic rings. The Morgan fingerprint density at radius 1 is 1.03 bits per heavy atom. The number of nitrogens with zero attached hydrogens (tertiary/aromatic N) is 6. The fourth-order valence-electron chi connectivity index (χ4n) is 3.13. The van der Waals surface area contributed by atoms with E-state index in [9.17, 15) is 4.39 Å². The van der Waals surface area contributed by atoms with Crippen LogP contribution in [0.1, 0.15) is 31.4 Å². The number of anilines is 2. The van der Waals surface area contributed by atoms with Crippen molar-refractivity contribution in [2.45, 2.75) is 26.8 Å². The van der Waals surface area contributed by atoms with Crippen molar-refractivity contribution in [3.8, 4) is 11.4 Å². The van der Waals surface area contributed by atoms with Gasteiger partial charge in [-0.15, -0.1) is 0 Å². The molecule has 4 aromatic rings. The molecule has 0 saturated heterocycles. The molecular formula is C20H21FN8. The minimum atomic E-state index is -0.381. The zero-order valence-electron chi connectivity index (χ0n) is 16.3. The van der Waals surface area contributed by atoms with Crippen molar-refractivity contribution in [2.24, 2.45) is 5.92 Å². The molecule has 1 atom stereocenters. The van der Waals surface area contributed by atoms with Crippen LogP contribution in [0.15, 0.2) is 42.9 Å². The Balaban J connectivity index is 1.69. The Hall–Kier alpha value is -3.62. The van der Waals surface area contributed by atoms with Gasteiger partial charge in [0, 0.05) is 11.8 Å². The lowest BCUT2D eigenvalue weighted by Gasteiger charge is -2.22. The molecule has 0 unspecified atom stereocenters. The van der Waals surface area contributed by atoms with E-state index in [1.165, 1.54) is 12.3 Å². The number of aryl methyl sites for hydroxylation is 1. The molecule has 0 aliphatic carbocycles. The van der Waals surface area contributed by atoms with Crippen LogP contribution in [0.2, 0.25) is 0 Å². The van der Waals surface area contributed by atoms with Gasteiger partial charge in [-0.3, -0.25) is 4.98 Å². The van der Waals surface area contributed by atoms with E-state index < -0.39 is 0 Å². The lowest BCUT2D eigenvalue weighted by atomic mass is 10.0. The third-order valence-corrected chi connectivity index (χ3v) is 4.64. The maximum absolute atomic E-state index is 13.2. The highest BCUT2D eigenvalue weighted by Crippen LogP contribution is 2.25. The number of fused-ring (bicyclic) bond motifs is 1. The van der Waals surface area contributed by atoms with Crippen LogP contribution >= 0.6 is 0 Å². The second-order valence-electron chi connectivity index (χ2n) is 7.13. The van der Waals surface area contributed by atoms with Crippen LogP contribution in [0.4, 0.5) is 16.3 Å². The normalized spacial score (nSPS) is 12.4. The zero-order valence-corrected chi connectivity index (χ0v) is 16.3. The fraction of sp³-hybridized carbons (Fsp3) is 0.250. The Bertz CT molecular complexity index is 1150. The van der Waals surface area contributed by atoms with Gasteiger partial charge in [0.05, 0.1) is 29.6 Å². The summed E-state index contributed by atoms with van der Waals surface area (Å²) in [6.07, 6.45) is 4.91. The van der Waals surface area contributed by atoms with Crippen LogP contribution in [0.25, 0.3) is 16.9 Å². The van der Waals surface area contributed by atoms with Crippen LogP contribution in [0.3, 0.4) is 0 Å². The van der Waals surface area contributed by atoms with E-state index in [-0.39, 0.29) is 23.7 Å². The average Bonchev–Trinajstić information content (AvgIpc) is 3.07. The van der Waals surface area contributed by atoms with Gasteiger partial charge in [-0.2, -0.15) is 15.0 Å². The molecule has 4 aromatic heterocycles. The predicted molar refractivity (Wildman–Crippen MR) is 109 cm³/mol. The smallest absolute Gasteiger partial charge is 0.228 e. The first-order chi connectivity index (χ1) is 13.9. The maximum atomic E-state index is 13.2. The molecule has 4 heterocycles. The van der Waals surface area contributed by atoms with E-state index in [4.69, 9.17) is 5.73 Å². The highest BCUT2D eigenvalue weighted by Gasteiger charge is 2.19. The van der Waals surface area contributed by atoms with E-state index in [0.29, 0.717) is 17.5 Å². The van der Waals surface area contributed by atoms with Crippen LogP contribution < -0.4 is 11.1 Å². The fourth-order valence-corrected chi connectivity index (χ4v) is 3.13. The highest BCUT2D eigenvalue weighted by atomic mass is 19.1. The average molecular weight is 392 g/mol. The van der Waals surface area contributed by atoms with Crippen molar-refractivity contribution >= 4 is 17.4 Å². The SMILES string of the molecule is Cc1ncc2ccc(-c3nc(N)nc(N[C@@H](c4ccc(F)cn4)C(C)C)n3)cn12. The summed E-state index contributed by atoms with van der Waals surface area (Å²) in [6.45, 7) is 5.99. The lowest BCUT2D eigenvalue weighted by Crippen LogP contribution is -2.20. The van der Waals surface area contributed by atoms with Gasteiger partial charge in [-0.1, -0.05) is 13.8 Å². The van der Waals surface area contributed by atoms with E-state index >= 15 is 0 Å². The largest absolute Gasteiger partial charge is 0.368 e. The van der Waals surface area contributed by atoms with Crippen molar-refractivity contribution in [3.05, 3.63) is 60.2 Å².